The van der Waals surface area contributed by atoms with Gasteiger partial charge in [-0.25, -0.2) is 4.98 Å². The first-order chi connectivity index (χ1) is 8.29. The van der Waals surface area contributed by atoms with Gasteiger partial charge in [-0.3, -0.25) is 0 Å². The molecule has 0 spiro atoms. The van der Waals surface area contributed by atoms with E-state index < -0.39 is 0 Å². The van der Waals surface area contributed by atoms with Gasteiger partial charge in [-0.15, -0.1) is 0 Å². The summed E-state index contributed by atoms with van der Waals surface area (Å²) in [5, 5.41) is 0. The lowest BCUT2D eigenvalue weighted by molar-refractivity contribution is 0.511. The van der Waals surface area contributed by atoms with Crippen LogP contribution in [0, 0.1) is 0 Å². The van der Waals surface area contributed by atoms with Crippen LogP contribution in [0.4, 0.5) is 5.69 Å². The monoisotopic (exact) mass is 230 g/mol. The van der Waals surface area contributed by atoms with Crippen molar-refractivity contribution >= 4 is 16.7 Å². The molecule has 3 rings (SSSR count). The molecule has 0 aliphatic heterocycles. The molecule has 1 aliphatic carbocycles. The molecule has 1 aromatic carbocycles. The number of aromatic nitrogens is 2. The first-order valence-corrected chi connectivity index (χ1v) is 6.26. The van der Waals surface area contributed by atoms with Gasteiger partial charge >= 0.3 is 0 Å². The van der Waals surface area contributed by atoms with E-state index in [1.165, 1.54) is 31.2 Å². The van der Waals surface area contributed by atoms with E-state index in [2.05, 4.69) is 15.6 Å². The third-order valence-electron chi connectivity index (χ3n) is 3.66. The molecule has 1 heterocycles. The number of nitrogens with zero attached hydrogens (tertiary/aromatic N) is 2. The van der Waals surface area contributed by atoms with Crippen LogP contribution in [0.3, 0.4) is 0 Å². The van der Waals surface area contributed by atoms with Crippen molar-refractivity contribution in [3.8, 4) is 0 Å². The highest BCUT2D eigenvalue weighted by atomic mass is 15.1. The predicted octanol–water partition coefficient (Wildman–Crippen LogP) is 2.19. The molecule has 4 N–H and O–H groups in total. The number of benzene rings is 1. The zero-order valence-corrected chi connectivity index (χ0v) is 9.89. The van der Waals surface area contributed by atoms with Crippen LogP contribution in [-0.4, -0.2) is 9.55 Å². The molecule has 0 amide bonds. The largest absolute Gasteiger partial charge is 0.399 e. The summed E-state index contributed by atoms with van der Waals surface area (Å²) in [6.45, 7) is 0.491. The van der Waals surface area contributed by atoms with Crippen LogP contribution in [0.2, 0.25) is 0 Å². The van der Waals surface area contributed by atoms with Gasteiger partial charge in [-0.1, -0.05) is 12.8 Å². The Balaban J connectivity index is 2.19. The average molecular weight is 230 g/mol. The number of nitrogens with two attached hydrogens (primary N) is 2. The lowest BCUT2D eigenvalue weighted by atomic mass is 10.2. The van der Waals surface area contributed by atoms with E-state index >= 15 is 0 Å². The van der Waals surface area contributed by atoms with E-state index in [9.17, 15) is 0 Å². The second-order valence-corrected chi connectivity index (χ2v) is 4.79. The summed E-state index contributed by atoms with van der Waals surface area (Å²) < 4.78 is 2.32. The van der Waals surface area contributed by atoms with Gasteiger partial charge in [-0.2, -0.15) is 0 Å². The first-order valence-electron chi connectivity index (χ1n) is 6.26. The smallest absolute Gasteiger partial charge is 0.123 e. The highest BCUT2D eigenvalue weighted by Crippen LogP contribution is 2.33. The van der Waals surface area contributed by atoms with Gasteiger partial charge in [-0.05, 0) is 31.0 Å². The molecule has 1 saturated carbocycles. The van der Waals surface area contributed by atoms with Crippen molar-refractivity contribution in [2.24, 2.45) is 5.73 Å². The molecule has 1 fully saturated rings. The summed E-state index contributed by atoms with van der Waals surface area (Å²) in [5.74, 6) is 0.984. The molecule has 1 aliphatic rings. The quantitative estimate of drug-likeness (QED) is 0.777. The zero-order chi connectivity index (χ0) is 11.8. The van der Waals surface area contributed by atoms with E-state index in [-0.39, 0.29) is 0 Å². The fourth-order valence-corrected chi connectivity index (χ4v) is 2.88. The Morgan fingerprint density at radius 1 is 1.29 bits per heavy atom. The molecule has 1 aromatic heterocycles. The maximum atomic E-state index is 5.81. The van der Waals surface area contributed by atoms with Gasteiger partial charge in [0.05, 0.1) is 17.6 Å². The first kappa shape index (κ1) is 10.6. The predicted molar refractivity (Wildman–Crippen MR) is 69.5 cm³/mol. The zero-order valence-electron chi connectivity index (χ0n) is 9.89. The average Bonchev–Trinajstić information content (AvgIpc) is 2.93. The van der Waals surface area contributed by atoms with Crippen molar-refractivity contribution < 1.29 is 0 Å². The molecule has 4 heteroatoms. The minimum atomic E-state index is 0.491. The van der Waals surface area contributed by atoms with Crippen molar-refractivity contribution in [1.29, 1.82) is 0 Å². The minimum Gasteiger partial charge on any atom is -0.399 e. The van der Waals surface area contributed by atoms with Gasteiger partial charge in [0.15, 0.2) is 0 Å². The maximum absolute atomic E-state index is 5.81. The fraction of sp³-hybridized carbons (Fsp3) is 0.462. The number of anilines is 1. The van der Waals surface area contributed by atoms with E-state index in [1.807, 2.05) is 12.1 Å². The van der Waals surface area contributed by atoms with Crippen molar-refractivity contribution in [2.75, 3.05) is 5.73 Å². The molecule has 0 radical (unpaired) electrons. The van der Waals surface area contributed by atoms with Crippen LogP contribution in [0.25, 0.3) is 11.0 Å². The summed E-state index contributed by atoms with van der Waals surface area (Å²) in [7, 11) is 0. The van der Waals surface area contributed by atoms with Gasteiger partial charge in [0, 0.05) is 11.7 Å². The number of fused-ring (bicyclic) bond motifs is 1. The lowest BCUT2D eigenvalue weighted by Gasteiger charge is -2.15. The molecule has 0 bridgehead atoms. The topological polar surface area (TPSA) is 69.9 Å². The van der Waals surface area contributed by atoms with Crippen LogP contribution < -0.4 is 11.5 Å². The lowest BCUT2D eigenvalue weighted by Crippen LogP contribution is -2.12. The molecular weight excluding hydrogens is 212 g/mol. The van der Waals surface area contributed by atoms with Crippen LogP contribution in [-0.2, 0) is 6.54 Å². The standard InChI is InChI=1S/C13H18N4/c14-8-13-16-11-7-9(15)5-6-12(11)17(13)10-3-1-2-4-10/h5-7,10H,1-4,8,14-15H2. The summed E-state index contributed by atoms with van der Waals surface area (Å²) in [4.78, 5) is 4.59. The van der Waals surface area contributed by atoms with Crippen molar-refractivity contribution in [2.45, 2.75) is 38.3 Å². The van der Waals surface area contributed by atoms with Crippen LogP contribution in [0.5, 0.6) is 0 Å². The fourth-order valence-electron chi connectivity index (χ4n) is 2.88. The minimum absolute atomic E-state index is 0.491. The summed E-state index contributed by atoms with van der Waals surface area (Å²) in [5.41, 5.74) is 14.5. The Kier molecular flexibility index (Phi) is 2.52. The number of hydrogen-bond donors (Lipinski definition) is 2. The molecule has 17 heavy (non-hydrogen) atoms. The van der Waals surface area contributed by atoms with Crippen LogP contribution >= 0.6 is 0 Å². The van der Waals surface area contributed by atoms with Crippen molar-refractivity contribution in [1.82, 2.24) is 9.55 Å². The van der Waals surface area contributed by atoms with Crippen LogP contribution in [0.1, 0.15) is 37.5 Å². The van der Waals surface area contributed by atoms with E-state index in [0.29, 0.717) is 12.6 Å². The third kappa shape index (κ3) is 1.69. The molecular formula is C13H18N4. The Morgan fingerprint density at radius 2 is 2.06 bits per heavy atom. The Bertz CT molecular complexity index is 538. The number of hydrogen-bond acceptors (Lipinski definition) is 3. The van der Waals surface area contributed by atoms with E-state index in [0.717, 1.165) is 17.0 Å². The van der Waals surface area contributed by atoms with Gasteiger partial charge in [0.2, 0.25) is 0 Å². The highest BCUT2D eigenvalue weighted by molar-refractivity contribution is 5.79. The Morgan fingerprint density at radius 3 is 2.76 bits per heavy atom. The molecule has 0 saturated heterocycles. The maximum Gasteiger partial charge on any atom is 0.123 e. The molecule has 4 nitrogen and oxygen atoms in total. The number of nitrogen functional groups attached to an aromatic ring is 1. The molecule has 2 aromatic rings. The van der Waals surface area contributed by atoms with Crippen molar-refractivity contribution in [3.05, 3.63) is 24.0 Å². The van der Waals surface area contributed by atoms with Gasteiger partial charge < -0.3 is 16.0 Å². The normalized spacial score (nSPS) is 17.0. The Labute approximate surface area is 101 Å². The summed E-state index contributed by atoms with van der Waals surface area (Å²) in [6, 6.07) is 6.51. The third-order valence-corrected chi connectivity index (χ3v) is 3.66. The second-order valence-electron chi connectivity index (χ2n) is 4.79. The van der Waals surface area contributed by atoms with Gasteiger partial charge in [0.25, 0.3) is 0 Å². The summed E-state index contributed by atoms with van der Waals surface area (Å²) >= 11 is 0. The van der Waals surface area contributed by atoms with Gasteiger partial charge in [0.1, 0.15) is 5.82 Å². The number of rotatable bonds is 2. The van der Waals surface area contributed by atoms with E-state index in [4.69, 9.17) is 11.5 Å². The van der Waals surface area contributed by atoms with Crippen LogP contribution in [0.15, 0.2) is 18.2 Å². The SMILES string of the molecule is NCc1nc2cc(N)ccc2n1C1CCCC1. The molecule has 90 valence electrons. The van der Waals surface area contributed by atoms with Crippen molar-refractivity contribution in [3.63, 3.8) is 0 Å². The Hall–Kier alpha value is -1.55. The number of imidazole rings is 1. The summed E-state index contributed by atoms with van der Waals surface area (Å²) in [6.07, 6.45) is 5.10. The van der Waals surface area contributed by atoms with E-state index in [1.54, 1.807) is 0 Å². The molecule has 0 unspecified atom stereocenters. The second kappa shape index (κ2) is 4.04. The highest BCUT2D eigenvalue weighted by Gasteiger charge is 2.21. The molecule has 0 atom stereocenters.